The molecule has 0 aliphatic heterocycles. The average Bonchev–Trinajstić information content (AvgIpc) is 2.75. The Morgan fingerprint density at radius 1 is 0.941 bits per heavy atom. The number of carbonyl (C=O) groups is 2. The minimum Gasteiger partial charge on any atom is -0.352 e. The van der Waals surface area contributed by atoms with Crippen LogP contribution in [0, 0.1) is 11.6 Å². The zero-order chi connectivity index (χ0) is 25.5. The lowest BCUT2D eigenvalue weighted by Crippen LogP contribution is -2.49. The third kappa shape index (κ3) is 8.09. The Balaban J connectivity index is 2.15. The third-order valence-electron chi connectivity index (χ3n) is 5.13. The molecule has 34 heavy (non-hydrogen) atoms. The third-order valence-corrected chi connectivity index (χ3v) is 6.33. The number of rotatable bonds is 11. The van der Waals surface area contributed by atoms with E-state index in [1.807, 2.05) is 13.8 Å². The Hall–Kier alpha value is -3.01. The molecule has 1 atom stereocenters. The van der Waals surface area contributed by atoms with Gasteiger partial charge in [-0.25, -0.2) is 17.2 Å². The standard InChI is InChI=1S/C24H31F2N3O4S/c1-17(2)27-24(31)18(3)28(16-19-7-9-20(25)10-8-19)23(30)6-5-15-29(34(4,32)33)22-13-11-21(26)12-14-22/h7-14,17-18H,5-6,15-16H2,1-4H3,(H,27,31)/t18-/m1/s1. The van der Waals surface area contributed by atoms with Crippen molar-refractivity contribution in [1.82, 2.24) is 10.2 Å². The second-order valence-corrected chi connectivity index (χ2v) is 10.3. The molecule has 2 rings (SSSR count). The van der Waals surface area contributed by atoms with Crippen LogP contribution in [0.25, 0.3) is 0 Å². The van der Waals surface area contributed by atoms with E-state index < -0.39 is 27.7 Å². The quantitative estimate of drug-likeness (QED) is 0.517. The largest absolute Gasteiger partial charge is 0.352 e. The van der Waals surface area contributed by atoms with Crippen molar-refractivity contribution in [3.05, 3.63) is 65.7 Å². The Morgan fingerprint density at radius 3 is 1.97 bits per heavy atom. The van der Waals surface area contributed by atoms with E-state index in [1.54, 1.807) is 19.1 Å². The molecule has 7 nitrogen and oxygen atoms in total. The van der Waals surface area contributed by atoms with Crippen LogP contribution in [0.1, 0.15) is 39.2 Å². The molecule has 2 aromatic carbocycles. The number of carbonyl (C=O) groups excluding carboxylic acids is 2. The van der Waals surface area contributed by atoms with E-state index in [9.17, 15) is 26.8 Å². The summed E-state index contributed by atoms with van der Waals surface area (Å²) in [5.74, 6) is -1.57. The van der Waals surface area contributed by atoms with Crippen LogP contribution in [0.5, 0.6) is 0 Å². The normalized spacial score (nSPS) is 12.3. The van der Waals surface area contributed by atoms with Crippen LogP contribution in [-0.4, -0.2) is 50.0 Å². The Morgan fingerprint density at radius 2 is 1.47 bits per heavy atom. The van der Waals surface area contributed by atoms with Gasteiger partial charge in [-0.05, 0) is 69.2 Å². The number of halogens is 2. The number of nitrogens with one attached hydrogen (secondary N) is 1. The van der Waals surface area contributed by atoms with E-state index in [2.05, 4.69) is 5.32 Å². The molecule has 0 heterocycles. The maximum absolute atomic E-state index is 13.3. The van der Waals surface area contributed by atoms with Gasteiger partial charge in [0.15, 0.2) is 0 Å². The smallest absolute Gasteiger partial charge is 0.242 e. The molecule has 0 radical (unpaired) electrons. The molecule has 186 valence electrons. The van der Waals surface area contributed by atoms with Crippen LogP contribution in [-0.2, 0) is 26.2 Å². The molecule has 1 N–H and O–H groups in total. The van der Waals surface area contributed by atoms with Gasteiger partial charge in [-0.15, -0.1) is 0 Å². The summed E-state index contributed by atoms with van der Waals surface area (Å²) in [5.41, 5.74) is 0.951. The fourth-order valence-electron chi connectivity index (χ4n) is 3.39. The van der Waals surface area contributed by atoms with Gasteiger partial charge in [0.2, 0.25) is 21.8 Å². The lowest BCUT2D eigenvalue weighted by atomic mass is 10.1. The first-order valence-electron chi connectivity index (χ1n) is 11.0. The van der Waals surface area contributed by atoms with Crippen LogP contribution in [0.3, 0.4) is 0 Å². The van der Waals surface area contributed by atoms with Gasteiger partial charge >= 0.3 is 0 Å². The highest BCUT2D eigenvalue weighted by Gasteiger charge is 2.27. The lowest BCUT2D eigenvalue weighted by molar-refractivity contribution is -0.140. The molecule has 0 aromatic heterocycles. The zero-order valence-electron chi connectivity index (χ0n) is 19.8. The number of amides is 2. The summed E-state index contributed by atoms with van der Waals surface area (Å²) in [5, 5.41) is 2.78. The SMILES string of the molecule is CC(C)NC(=O)[C@@H](C)N(Cc1ccc(F)cc1)C(=O)CCCN(c1ccc(F)cc1)S(C)(=O)=O. The Bertz CT molecular complexity index is 1070. The zero-order valence-corrected chi connectivity index (χ0v) is 20.6. The maximum Gasteiger partial charge on any atom is 0.242 e. The van der Waals surface area contributed by atoms with Crippen LogP contribution < -0.4 is 9.62 Å². The predicted octanol–water partition coefficient (Wildman–Crippen LogP) is 3.45. The van der Waals surface area contributed by atoms with Gasteiger partial charge in [0, 0.05) is 25.6 Å². The molecule has 0 aliphatic rings. The number of anilines is 1. The Kier molecular flexibility index (Phi) is 9.55. The highest BCUT2D eigenvalue weighted by molar-refractivity contribution is 7.92. The Labute approximate surface area is 199 Å². The number of hydrogen-bond donors (Lipinski definition) is 1. The van der Waals surface area contributed by atoms with Gasteiger partial charge in [0.05, 0.1) is 11.9 Å². The summed E-state index contributed by atoms with van der Waals surface area (Å²) in [6.45, 7) is 5.34. The minimum absolute atomic E-state index is 0.00711. The highest BCUT2D eigenvalue weighted by atomic mass is 32.2. The average molecular weight is 496 g/mol. The molecular weight excluding hydrogens is 464 g/mol. The lowest BCUT2D eigenvalue weighted by Gasteiger charge is -2.30. The van der Waals surface area contributed by atoms with Gasteiger partial charge in [-0.2, -0.15) is 0 Å². The van der Waals surface area contributed by atoms with E-state index in [1.165, 1.54) is 29.2 Å². The highest BCUT2D eigenvalue weighted by Crippen LogP contribution is 2.19. The number of nitrogens with zero attached hydrogens (tertiary/aromatic N) is 2. The summed E-state index contributed by atoms with van der Waals surface area (Å²) in [6.07, 6.45) is 1.20. The summed E-state index contributed by atoms with van der Waals surface area (Å²) >= 11 is 0. The molecule has 0 bridgehead atoms. The van der Waals surface area contributed by atoms with E-state index in [0.717, 1.165) is 22.7 Å². The van der Waals surface area contributed by atoms with E-state index in [0.29, 0.717) is 11.3 Å². The molecule has 2 aromatic rings. The maximum atomic E-state index is 13.3. The van der Waals surface area contributed by atoms with E-state index in [-0.39, 0.29) is 43.8 Å². The first kappa shape index (κ1) is 27.2. The topological polar surface area (TPSA) is 86.8 Å². The van der Waals surface area contributed by atoms with Crippen molar-refractivity contribution in [3.8, 4) is 0 Å². The first-order valence-corrected chi connectivity index (χ1v) is 12.8. The molecule has 2 amide bonds. The fraction of sp³-hybridized carbons (Fsp3) is 0.417. The van der Waals surface area contributed by atoms with Crippen molar-refractivity contribution in [2.75, 3.05) is 17.1 Å². The predicted molar refractivity (Wildman–Crippen MR) is 128 cm³/mol. The summed E-state index contributed by atoms with van der Waals surface area (Å²) in [7, 11) is -3.66. The molecule has 0 saturated heterocycles. The van der Waals surface area contributed by atoms with Crippen LogP contribution >= 0.6 is 0 Å². The second kappa shape index (κ2) is 11.9. The molecule has 0 aliphatic carbocycles. The number of sulfonamides is 1. The summed E-state index contributed by atoms with van der Waals surface area (Å²) in [4.78, 5) is 27.1. The van der Waals surface area contributed by atoms with Crippen molar-refractivity contribution in [2.45, 2.75) is 52.2 Å². The van der Waals surface area contributed by atoms with Gasteiger partial charge in [-0.3, -0.25) is 13.9 Å². The molecular formula is C24H31F2N3O4S. The molecule has 0 unspecified atom stereocenters. The van der Waals surface area contributed by atoms with Crippen molar-refractivity contribution in [3.63, 3.8) is 0 Å². The van der Waals surface area contributed by atoms with Crippen LogP contribution in [0.2, 0.25) is 0 Å². The van der Waals surface area contributed by atoms with Crippen molar-refractivity contribution in [1.29, 1.82) is 0 Å². The number of hydrogen-bond acceptors (Lipinski definition) is 4. The molecule has 0 fully saturated rings. The van der Waals surface area contributed by atoms with Gasteiger partial charge in [0.1, 0.15) is 17.7 Å². The fourth-order valence-corrected chi connectivity index (χ4v) is 4.35. The van der Waals surface area contributed by atoms with Crippen molar-refractivity contribution >= 4 is 27.5 Å². The van der Waals surface area contributed by atoms with Gasteiger partial charge < -0.3 is 10.2 Å². The molecule has 0 spiro atoms. The van der Waals surface area contributed by atoms with Gasteiger partial charge in [0.25, 0.3) is 0 Å². The number of benzene rings is 2. The minimum atomic E-state index is -3.66. The molecule has 10 heteroatoms. The molecule has 0 saturated carbocycles. The summed E-state index contributed by atoms with van der Waals surface area (Å²) in [6, 6.07) is 9.79. The summed E-state index contributed by atoms with van der Waals surface area (Å²) < 4.78 is 52.1. The van der Waals surface area contributed by atoms with E-state index in [4.69, 9.17) is 0 Å². The van der Waals surface area contributed by atoms with Crippen molar-refractivity contribution in [2.24, 2.45) is 0 Å². The second-order valence-electron chi connectivity index (χ2n) is 8.40. The van der Waals surface area contributed by atoms with Crippen LogP contribution in [0.15, 0.2) is 48.5 Å². The first-order chi connectivity index (χ1) is 15.9. The van der Waals surface area contributed by atoms with Crippen molar-refractivity contribution < 1.29 is 26.8 Å². The van der Waals surface area contributed by atoms with Crippen LogP contribution in [0.4, 0.5) is 14.5 Å². The van der Waals surface area contributed by atoms with Gasteiger partial charge in [-0.1, -0.05) is 12.1 Å². The van der Waals surface area contributed by atoms with E-state index >= 15 is 0 Å². The monoisotopic (exact) mass is 495 g/mol.